The minimum Gasteiger partial charge on any atom is -0.295 e. The Morgan fingerprint density at radius 1 is 1.36 bits per heavy atom. The summed E-state index contributed by atoms with van der Waals surface area (Å²) in [5.74, 6) is 0.155. The molecule has 0 saturated carbocycles. The molecule has 0 aromatic heterocycles. The van der Waals surface area contributed by atoms with E-state index in [1.807, 2.05) is 26.0 Å². The van der Waals surface area contributed by atoms with E-state index in [4.69, 9.17) is 0 Å². The summed E-state index contributed by atoms with van der Waals surface area (Å²) in [6.07, 6.45) is 4.72. The van der Waals surface area contributed by atoms with Gasteiger partial charge in [0, 0.05) is 5.57 Å². The standard InChI is InChI=1S/C10H16O/c1-5-7-10(9(4)11)8(3)6-2/h5,7H,6H2,1-4H3/b7-5-,10-8+. The lowest BCUT2D eigenvalue weighted by Crippen LogP contribution is -1.96. The quantitative estimate of drug-likeness (QED) is 0.449. The number of rotatable bonds is 3. The van der Waals surface area contributed by atoms with Gasteiger partial charge in [0.05, 0.1) is 0 Å². The minimum absolute atomic E-state index is 0.155. The van der Waals surface area contributed by atoms with E-state index in [1.54, 1.807) is 6.92 Å². The molecule has 0 spiro atoms. The fourth-order valence-corrected chi connectivity index (χ4v) is 0.917. The molecule has 0 atom stereocenters. The first-order valence-electron chi connectivity index (χ1n) is 3.96. The largest absolute Gasteiger partial charge is 0.295 e. The van der Waals surface area contributed by atoms with Gasteiger partial charge in [0.2, 0.25) is 0 Å². The maximum absolute atomic E-state index is 11.0. The first kappa shape index (κ1) is 10.2. The minimum atomic E-state index is 0.155. The molecule has 0 bridgehead atoms. The fraction of sp³-hybridized carbons (Fsp3) is 0.500. The normalized spacial score (nSPS) is 13.5. The van der Waals surface area contributed by atoms with Gasteiger partial charge in [-0.2, -0.15) is 0 Å². The van der Waals surface area contributed by atoms with Crippen molar-refractivity contribution in [1.29, 1.82) is 0 Å². The molecular weight excluding hydrogens is 136 g/mol. The van der Waals surface area contributed by atoms with Crippen LogP contribution in [0.2, 0.25) is 0 Å². The number of hydrogen-bond acceptors (Lipinski definition) is 1. The second-order valence-electron chi connectivity index (χ2n) is 2.60. The van der Waals surface area contributed by atoms with E-state index < -0.39 is 0 Å². The van der Waals surface area contributed by atoms with Gasteiger partial charge in [0.25, 0.3) is 0 Å². The number of hydrogen-bond donors (Lipinski definition) is 0. The second kappa shape index (κ2) is 4.89. The lowest BCUT2D eigenvalue weighted by atomic mass is 10.0. The molecule has 62 valence electrons. The Bertz CT molecular complexity index is 197. The van der Waals surface area contributed by atoms with E-state index in [1.165, 1.54) is 0 Å². The van der Waals surface area contributed by atoms with Crippen molar-refractivity contribution < 1.29 is 4.79 Å². The first-order chi connectivity index (χ1) is 5.13. The van der Waals surface area contributed by atoms with E-state index in [9.17, 15) is 4.79 Å². The Kier molecular flexibility index (Phi) is 4.51. The molecular formula is C10H16O. The summed E-state index contributed by atoms with van der Waals surface area (Å²) in [6.45, 7) is 7.58. The molecule has 1 heteroatoms. The van der Waals surface area contributed by atoms with Crippen LogP contribution >= 0.6 is 0 Å². The molecule has 0 N–H and O–H groups in total. The van der Waals surface area contributed by atoms with E-state index >= 15 is 0 Å². The molecule has 0 fully saturated rings. The van der Waals surface area contributed by atoms with Crippen LogP contribution in [0, 0.1) is 0 Å². The monoisotopic (exact) mass is 152 g/mol. The van der Waals surface area contributed by atoms with Crippen LogP contribution in [0.5, 0.6) is 0 Å². The summed E-state index contributed by atoms with van der Waals surface area (Å²) >= 11 is 0. The Hall–Kier alpha value is -0.850. The smallest absolute Gasteiger partial charge is 0.159 e. The second-order valence-corrected chi connectivity index (χ2v) is 2.60. The van der Waals surface area contributed by atoms with Crippen LogP contribution in [0.3, 0.4) is 0 Å². The number of allylic oxidation sites excluding steroid dienone is 4. The summed E-state index contributed by atoms with van der Waals surface area (Å²) < 4.78 is 0. The Labute approximate surface area is 68.8 Å². The number of carbonyl (C=O) groups excluding carboxylic acids is 1. The van der Waals surface area contributed by atoms with Crippen LogP contribution in [0.1, 0.15) is 34.1 Å². The summed E-state index contributed by atoms with van der Waals surface area (Å²) in [6, 6.07) is 0. The van der Waals surface area contributed by atoms with Crippen molar-refractivity contribution in [3.63, 3.8) is 0 Å². The van der Waals surface area contributed by atoms with E-state index in [2.05, 4.69) is 6.92 Å². The van der Waals surface area contributed by atoms with Crippen molar-refractivity contribution in [3.05, 3.63) is 23.3 Å². The van der Waals surface area contributed by atoms with Gasteiger partial charge in [-0.25, -0.2) is 0 Å². The summed E-state index contributed by atoms with van der Waals surface area (Å²) in [5.41, 5.74) is 2.02. The molecule has 0 unspecified atom stereocenters. The van der Waals surface area contributed by atoms with Gasteiger partial charge >= 0.3 is 0 Å². The zero-order chi connectivity index (χ0) is 8.85. The van der Waals surface area contributed by atoms with Gasteiger partial charge in [-0.3, -0.25) is 4.79 Å². The van der Waals surface area contributed by atoms with Gasteiger partial charge < -0.3 is 0 Å². The Balaban J connectivity index is 4.72. The molecule has 0 aromatic carbocycles. The fourth-order valence-electron chi connectivity index (χ4n) is 0.917. The zero-order valence-electron chi connectivity index (χ0n) is 7.77. The molecule has 0 heterocycles. The van der Waals surface area contributed by atoms with Gasteiger partial charge in [0.1, 0.15) is 0 Å². The van der Waals surface area contributed by atoms with Crippen LogP contribution in [-0.4, -0.2) is 5.78 Å². The predicted octanol–water partition coefficient (Wildman–Crippen LogP) is 2.88. The van der Waals surface area contributed by atoms with Crippen molar-refractivity contribution in [2.45, 2.75) is 34.1 Å². The highest BCUT2D eigenvalue weighted by molar-refractivity contribution is 5.96. The van der Waals surface area contributed by atoms with Crippen molar-refractivity contribution in [2.75, 3.05) is 0 Å². The Morgan fingerprint density at radius 3 is 2.18 bits per heavy atom. The van der Waals surface area contributed by atoms with E-state index in [-0.39, 0.29) is 5.78 Å². The average molecular weight is 152 g/mol. The number of Topliss-reactive ketones (excluding diaryl/α,β-unsaturated/α-hetero) is 1. The third-order valence-electron chi connectivity index (χ3n) is 1.70. The molecule has 0 aromatic rings. The first-order valence-corrected chi connectivity index (χ1v) is 3.96. The summed E-state index contributed by atoms with van der Waals surface area (Å²) in [4.78, 5) is 11.0. The zero-order valence-corrected chi connectivity index (χ0v) is 7.77. The molecule has 1 nitrogen and oxygen atoms in total. The third-order valence-corrected chi connectivity index (χ3v) is 1.70. The molecule has 0 aliphatic rings. The number of carbonyl (C=O) groups is 1. The van der Waals surface area contributed by atoms with Crippen molar-refractivity contribution >= 4 is 5.78 Å². The highest BCUT2D eigenvalue weighted by Gasteiger charge is 2.01. The highest BCUT2D eigenvalue weighted by Crippen LogP contribution is 2.10. The van der Waals surface area contributed by atoms with Crippen LogP contribution in [-0.2, 0) is 4.79 Å². The van der Waals surface area contributed by atoms with Crippen molar-refractivity contribution in [2.24, 2.45) is 0 Å². The van der Waals surface area contributed by atoms with Crippen LogP contribution < -0.4 is 0 Å². The van der Waals surface area contributed by atoms with Gasteiger partial charge in [0.15, 0.2) is 5.78 Å². The van der Waals surface area contributed by atoms with Crippen LogP contribution in [0.4, 0.5) is 0 Å². The molecule has 0 radical (unpaired) electrons. The maximum atomic E-state index is 11.0. The molecule has 0 saturated heterocycles. The lowest BCUT2D eigenvalue weighted by molar-refractivity contribution is -0.113. The van der Waals surface area contributed by atoms with Gasteiger partial charge in [-0.05, 0) is 27.2 Å². The topological polar surface area (TPSA) is 17.1 Å². The van der Waals surface area contributed by atoms with Crippen molar-refractivity contribution in [3.8, 4) is 0 Å². The Morgan fingerprint density at radius 2 is 1.91 bits per heavy atom. The lowest BCUT2D eigenvalue weighted by Gasteiger charge is -2.01. The van der Waals surface area contributed by atoms with Crippen molar-refractivity contribution in [1.82, 2.24) is 0 Å². The predicted molar refractivity (Wildman–Crippen MR) is 48.5 cm³/mol. The average Bonchev–Trinajstić information content (AvgIpc) is 1.98. The SMILES string of the molecule is C/C=C\C(C(C)=O)=C(\C)CC. The molecule has 0 aliphatic carbocycles. The van der Waals surface area contributed by atoms with Crippen LogP contribution in [0.15, 0.2) is 23.3 Å². The molecule has 0 aliphatic heterocycles. The number of ketones is 1. The summed E-state index contributed by atoms with van der Waals surface area (Å²) in [7, 11) is 0. The molecule has 11 heavy (non-hydrogen) atoms. The van der Waals surface area contributed by atoms with E-state index in [0.29, 0.717) is 0 Å². The highest BCUT2D eigenvalue weighted by atomic mass is 16.1. The molecule has 0 rings (SSSR count). The summed E-state index contributed by atoms with van der Waals surface area (Å²) in [5, 5.41) is 0. The van der Waals surface area contributed by atoms with E-state index in [0.717, 1.165) is 17.6 Å². The van der Waals surface area contributed by atoms with Crippen LogP contribution in [0.25, 0.3) is 0 Å². The van der Waals surface area contributed by atoms with Gasteiger partial charge in [-0.15, -0.1) is 0 Å². The molecule has 0 amide bonds. The maximum Gasteiger partial charge on any atom is 0.159 e. The van der Waals surface area contributed by atoms with Gasteiger partial charge in [-0.1, -0.05) is 24.6 Å². The third kappa shape index (κ3) is 3.17.